The quantitative estimate of drug-likeness (QED) is 0.177. The highest BCUT2D eigenvalue weighted by Gasteiger charge is 2.28. The van der Waals surface area contributed by atoms with Crippen molar-refractivity contribution in [1.82, 2.24) is 15.4 Å². The predicted octanol–water partition coefficient (Wildman–Crippen LogP) is 2.42. The highest BCUT2D eigenvalue weighted by molar-refractivity contribution is 7.14. The maximum Gasteiger partial charge on any atom is 0.320 e. The van der Waals surface area contributed by atoms with Crippen LogP contribution in [0.1, 0.15) is 31.7 Å². The summed E-state index contributed by atoms with van der Waals surface area (Å²) in [6, 6.07) is 7.24. The Labute approximate surface area is 196 Å². The van der Waals surface area contributed by atoms with E-state index in [9.17, 15) is 14.7 Å². The number of carboxylic acids is 1. The summed E-state index contributed by atoms with van der Waals surface area (Å²) in [6.45, 7) is 4.27. The number of benzene rings is 1. The average molecular weight is 476 g/mol. The number of hydrogen-bond acceptors (Lipinski definition) is 9. The van der Waals surface area contributed by atoms with Crippen LogP contribution in [0, 0.1) is 5.41 Å². The number of hydroxylamine groups is 1. The largest absolute Gasteiger partial charge is 0.481 e. The summed E-state index contributed by atoms with van der Waals surface area (Å²) in [5.41, 5.74) is 4.01. The van der Waals surface area contributed by atoms with E-state index in [-0.39, 0.29) is 30.8 Å². The minimum absolute atomic E-state index is 0.0168. The van der Waals surface area contributed by atoms with Crippen molar-refractivity contribution in [3.8, 4) is 11.3 Å². The lowest BCUT2D eigenvalue weighted by molar-refractivity contribution is -0.144. The van der Waals surface area contributed by atoms with Crippen LogP contribution in [0.4, 0.5) is 5.13 Å². The number of carboxylic acid groups (broad SMARTS) is 1. The van der Waals surface area contributed by atoms with E-state index >= 15 is 0 Å². The van der Waals surface area contributed by atoms with Crippen LogP contribution in [0.25, 0.3) is 11.3 Å². The zero-order chi connectivity index (χ0) is 23.8. The Morgan fingerprint density at radius 2 is 2.00 bits per heavy atom. The SMILES string of the molecule is CCOC(=O)CN1CCC(N(CCC(=O)O)c2nc(-c3ccc(C(=N)NO)cc3)cs2)CC1. The summed E-state index contributed by atoms with van der Waals surface area (Å²) in [6.07, 6.45) is 1.63. The summed E-state index contributed by atoms with van der Waals surface area (Å²) in [5.74, 6) is -1.17. The number of amidine groups is 1. The molecule has 1 aliphatic rings. The average Bonchev–Trinajstić information content (AvgIpc) is 3.30. The van der Waals surface area contributed by atoms with Gasteiger partial charge in [-0.25, -0.2) is 4.98 Å². The number of aliphatic carboxylic acids is 1. The van der Waals surface area contributed by atoms with E-state index in [2.05, 4.69) is 9.80 Å². The molecule has 3 rings (SSSR count). The molecular formula is C22H29N5O5S. The molecule has 2 heterocycles. The second kappa shape index (κ2) is 11.7. The number of nitrogens with one attached hydrogen (secondary N) is 2. The van der Waals surface area contributed by atoms with Crippen molar-refractivity contribution in [3.05, 3.63) is 35.2 Å². The lowest BCUT2D eigenvalue weighted by Gasteiger charge is -2.38. The van der Waals surface area contributed by atoms with Gasteiger partial charge in [0.15, 0.2) is 5.13 Å². The van der Waals surface area contributed by atoms with Gasteiger partial charge in [0.2, 0.25) is 0 Å². The van der Waals surface area contributed by atoms with E-state index in [1.807, 2.05) is 23.0 Å². The molecule has 1 fully saturated rings. The molecule has 10 nitrogen and oxygen atoms in total. The van der Waals surface area contributed by atoms with Crippen molar-refractivity contribution in [2.75, 3.05) is 37.7 Å². The number of hydrogen-bond donors (Lipinski definition) is 4. The molecule has 0 unspecified atom stereocenters. The number of esters is 1. The van der Waals surface area contributed by atoms with Crippen LogP contribution in [-0.2, 0) is 14.3 Å². The minimum atomic E-state index is -0.855. The first-order valence-electron chi connectivity index (χ1n) is 10.8. The normalized spacial score (nSPS) is 14.6. The van der Waals surface area contributed by atoms with Gasteiger partial charge in [-0.2, -0.15) is 0 Å². The van der Waals surface area contributed by atoms with E-state index in [4.69, 9.17) is 20.3 Å². The Kier molecular flexibility index (Phi) is 8.75. The van der Waals surface area contributed by atoms with Crippen molar-refractivity contribution >= 4 is 34.2 Å². The van der Waals surface area contributed by atoms with Crippen molar-refractivity contribution in [1.29, 1.82) is 5.41 Å². The molecule has 1 aromatic carbocycles. The number of nitrogens with zero attached hydrogens (tertiary/aromatic N) is 3. The molecule has 33 heavy (non-hydrogen) atoms. The monoisotopic (exact) mass is 475 g/mol. The summed E-state index contributed by atoms with van der Waals surface area (Å²) >= 11 is 1.47. The van der Waals surface area contributed by atoms with Gasteiger partial charge in [-0.15, -0.1) is 11.3 Å². The molecule has 0 aliphatic carbocycles. The Morgan fingerprint density at radius 3 is 2.61 bits per heavy atom. The van der Waals surface area contributed by atoms with Gasteiger partial charge in [-0.3, -0.25) is 30.6 Å². The van der Waals surface area contributed by atoms with Crippen LogP contribution in [0.2, 0.25) is 0 Å². The van der Waals surface area contributed by atoms with Gasteiger partial charge in [-0.1, -0.05) is 24.3 Å². The number of piperidine rings is 1. The molecule has 1 aliphatic heterocycles. The molecule has 2 aromatic rings. The molecule has 1 aromatic heterocycles. The van der Waals surface area contributed by atoms with Crippen LogP contribution in [0.15, 0.2) is 29.6 Å². The number of likely N-dealkylation sites (tertiary alicyclic amines) is 1. The number of aromatic nitrogens is 1. The van der Waals surface area contributed by atoms with E-state index in [1.165, 1.54) is 11.3 Å². The first-order chi connectivity index (χ1) is 15.9. The Morgan fingerprint density at radius 1 is 1.30 bits per heavy atom. The summed E-state index contributed by atoms with van der Waals surface area (Å²) in [7, 11) is 0. The van der Waals surface area contributed by atoms with E-state index in [0.717, 1.165) is 42.3 Å². The molecule has 0 spiro atoms. The standard InChI is InChI=1S/C22H29N5O5S/c1-2-32-20(30)13-26-10-7-17(8-11-26)27(12-9-19(28)29)22-24-18(14-33-22)15-3-5-16(6-4-15)21(23)25-31/h3-6,14,17,31H,2,7-13H2,1H3,(H2,23,25)(H,28,29). The van der Waals surface area contributed by atoms with Gasteiger partial charge in [0.1, 0.15) is 5.84 Å². The highest BCUT2D eigenvalue weighted by atomic mass is 32.1. The van der Waals surface area contributed by atoms with Crippen LogP contribution >= 0.6 is 11.3 Å². The Hall–Kier alpha value is -3.02. The number of carbonyl (C=O) groups is 2. The zero-order valence-electron chi connectivity index (χ0n) is 18.5. The highest BCUT2D eigenvalue weighted by Crippen LogP contribution is 2.31. The smallest absolute Gasteiger partial charge is 0.320 e. The first kappa shape index (κ1) is 24.6. The molecule has 0 saturated carbocycles. The second-order valence-corrected chi connectivity index (χ2v) is 8.57. The van der Waals surface area contributed by atoms with Crippen molar-refractivity contribution in [2.24, 2.45) is 0 Å². The summed E-state index contributed by atoms with van der Waals surface area (Å²) in [5, 5.41) is 28.4. The van der Waals surface area contributed by atoms with Crippen molar-refractivity contribution < 1.29 is 24.6 Å². The summed E-state index contributed by atoms with van der Waals surface area (Å²) < 4.78 is 5.03. The molecule has 11 heteroatoms. The van der Waals surface area contributed by atoms with Gasteiger partial charge in [0, 0.05) is 42.2 Å². The molecule has 1 saturated heterocycles. The Bertz CT molecular complexity index is 956. The molecule has 178 valence electrons. The van der Waals surface area contributed by atoms with Crippen molar-refractivity contribution in [2.45, 2.75) is 32.2 Å². The van der Waals surface area contributed by atoms with Crippen LogP contribution in [0.5, 0.6) is 0 Å². The topological polar surface area (TPSA) is 139 Å². The van der Waals surface area contributed by atoms with Crippen LogP contribution in [-0.4, -0.2) is 76.8 Å². The number of carbonyl (C=O) groups excluding carboxylic acids is 1. The summed E-state index contributed by atoms with van der Waals surface area (Å²) in [4.78, 5) is 31.9. The zero-order valence-corrected chi connectivity index (χ0v) is 19.3. The van der Waals surface area contributed by atoms with Gasteiger partial charge in [0.25, 0.3) is 0 Å². The number of rotatable bonds is 10. The lowest BCUT2D eigenvalue weighted by Crippen LogP contribution is -2.47. The number of ether oxygens (including phenoxy) is 1. The molecule has 0 amide bonds. The maximum absolute atomic E-state index is 11.8. The first-order valence-corrected chi connectivity index (χ1v) is 11.7. The maximum atomic E-state index is 11.8. The number of anilines is 1. The van der Waals surface area contributed by atoms with E-state index in [1.54, 1.807) is 19.1 Å². The van der Waals surface area contributed by atoms with E-state index < -0.39 is 5.97 Å². The molecular weight excluding hydrogens is 446 g/mol. The third-order valence-electron chi connectivity index (χ3n) is 5.54. The van der Waals surface area contributed by atoms with Crippen LogP contribution < -0.4 is 10.4 Å². The fourth-order valence-corrected chi connectivity index (χ4v) is 4.76. The minimum Gasteiger partial charge on any atom is -0.481 e. The third-order valence-corrected chi connectivity index (χ3v) is 6.42. The third kappa shape index (κ3) is 6.73. The van der Waals surface area contributed by atoms with Crippen LogP contribution in [0.3, 0.4) is 0 Å². The van der Waals surface area contributed by atoms with Gasteiger partial charge in [0.05, 0.1) is 25.3 Å². The van der Waals surface area contributed by atoms with Gasteiger partial charge >= 0.3 is 11.9 Å². The molecule has 0 radical (unpaired) electrons. The Balaban J connectivity index is 1.70. The lowest BCUT2D eigenvalue weighted by atomic mass is 10.0. The second-order valence-electron chi connectivity index (χ2n) is 7.73. The fourth-order valence-electron chi connectivity index (χ4n) is 3.83. The molecule has 0 bridgehead atoms. The number of thiazole rings is 1. The van der Waals surface area contributed by atoms with Gasteiger partial charge in [-0.05, 0) is 19.8 Å². The fraction of sp³-hybridized carbons (Fsp3) is 0.455. The molecule has 0 atom stereocenters. The van der Waals surface area contributed by atoms with E-state index in [0.29, 0.717) is 18.7 Å². The van der Waals surface area contributed by atoms with Gasteiger partial charge < -0.3 is 14.7 Å². The molecule has 4 N–H and O–H groups in total. The predicted molar refractivity (Wildman–Crippen MR) is 125 cm³/mol. The van der Waals surface area contributed by atoms with Crippen molar-refractivity contribution in [3.63, 3.8) is 0 Å².